The molecule has 0 N–H and O–H groups in total. The van der Waals surface area contributed by atoms with Gasteiger partial charge in [0.2, 0.25) is 0 Å². The molecule has 0 saturated carbocycles. The lowest BCUT2D eigenvalue weighted by atomic mass is 10.0. The van der Waals surface area contributed by atoms with E-state index < -0.39 is 0 Å². The van der Waals surface area contributed by atoms with Crippen LogP contribution in [0.3, 0.4) is 0 Å². The number of fused-ring (bicyclic) bond motifs is 1. The minimum atomic E-state index is 0.103. The third-order valence-corrected chi connectivity index (χ3v) is 5.28. The van der Waals surface area contributed by atoms with Gasteiger partial charge in [-0.05, 0) is 41.7 Å². The molecule has 4 rings (SSSR count). The molecular weight excluding hydrogens is 322 g/mol. The van der Waals surface area contributed by atoms with Gasteiger partial charge in [-0.25, -0.2) is 0 Å². The lowest BCUT2D eigenvalue weighted by Gasteiger charge is -2.21. The number of carbonyl (C=O) groups excluding carboxylic acids is 1. The summed E-state index contributed by atoms with van der Waals surface area (Å²) in [5.41, 5.74) is 1.94. The first kappa shape index (κ1) is 15.6. The minimum Gasteiger partial charge on any atom is -0.338 e. The zero-order valence-corrected chi connectivity index (χ0v) is 14.2. The molecule has 2 aliphatic heterocycles. The lowest BCUT2D eigenvalue weighted by Crippen LogP contribution is -2.33. The van der Waals surface area contributed by atoms with E-state index in [0.717, 1.165) is 32.7 Å². The first-order valence-corrected chi connectivity index (χ1v) is 8.73. The van der Waals surface area contributed by atoms with Crippen molar-refractivity contribution in [2.75, 3.05) is 26.2 Å². The van der Waals surface area contributed by atoms with Crippen LogP contribution in [0.2, 0.25) is 5.02 Å². The van der Waals surface area contributed by atoms with Crippen LogP contribution in [-0.4, -0.2) is 46.9 Å². The standard InChI is InChI=1S/C19H20ClN3O/c20-18-5-1-4-15(7-18)19(24)23-12-16-10-22(11-17(16)13-23)9-14-3-2-6-21-8-14/h1-8,16-17H,9-13H2/t16-,17+. The molecule has 0 bridgehead atoms. The van der Waals surface area contributed by atoms with Crippen molar-refractivity contribution < 1.29 is 4.79 Å². The Morgan fingerprint density at radius 1 is 1.12 bits per heavy atom. The molecule has 2 saturated heterocycles. The zero-order chi connectivity index (χ0) is 16.5. The number of halogens is 1. The predicted molar refractivity (Wildman–Crippen MR) is 93.8 cm³/mol. The van der Waals surface area contributed by atoms with Crippen LogP contribution in [0.5, 0.6) is 0 Å². The Labute approximate surface area is 147 Å². The molecule has 1 aromatic carbocycles. The Morgan fingerprint density at radius 3 is 2.58 bits per heavy atom. The van der Waals surface area contributed by atoms with Gasteiger partial charge in [-0.15, -0.1) is 0 Å². The number of amides is 1. The number of benzene rings is 1. The first-order valence-electron chi connectivity index (χ1n) is 8.35. The fourth-order valence-electron chi connectivity index (χ4n) is 3.94. The molecule has 2 atom stereocenters. The molecule has 24 heavy (non-hydrogen) atoms. The van der Waals surface area contributed by atoms with Crippen molar-refractivity contribution >= 4 is 17.5 Å². The molecule has 1 amide bonds. The van der Waals surface area contributed by atoms with E-state index in [1.807, 2.05) is 35.5 Å². The van der Waals surface area contributed by atoms with Gasteiger partial charge in [-0.1, -0.05) is 23.7 Å². The van der Waals surface area contributed by atoms with Crippen LogP contribution in [0.4, 0.5) is 0 Å². The monoisotopic (exact) mass is 341 g/mol. The second-order valence-electron chi connectivity index (χ2n) is 6.80. The SMILES string of the molecule is O=C(c1cccc(Cl)c1)N1C[C@H]2CN(Cc3cccnc3)C[C@H]2C1. The zero-order valence-electron chi connectivity index (χ0n) is 13.4. The molecule has 4 nitrogen and oxygen atoms in total. The number of nitrogens with zero attached hydrogens (tertiary/aromatic N) is 3. The summed E-state index contributed by atoms with van der Waals surface area (Å²) < 4.78 is 0. The highest BCUT2D eigenvalue weighted by atomic mass is 35.5. The molecule has 124 valence electrons. The van der Waals surface area contributed by atoms with Crippen LogP contribution in [0.25, 0.3) is 0 Å². The van der Waals surface area contributed by atoms with Crippen molar-refractivity contribution in [2.45, 2.75) is 6.54 Å². The number of hydrogen-bond donors (Lipinski definition) is 0. The summed E-state index contributed by atoms with van der Waals surface area (Å²) >= 11 is 6.01. The van der Waals surface area contributed by atoms with E-state index in [2.05, 4.69) is 16.0 Å². The van der Waals surface area contributed by atoms with Gasteiger partial charge >= 0.3 is 0 Å². The third kappa shape index (κ3) is 3.17. The van der Waals surface area contributed by atoms with Crippen molar-refractivity contribution in [1.29, 1.82) is 0 Å². The molecule has 2 fully saturated rings. The lowest BCUT2D eigenvalue weighted by molar-refractivity contribution is 0.0773. The third-order valence-electron chi connectivity index (χ3n) is 5.05. The Hall–Kier alpha value is -1.91. The summed E-state index contributed by atoms with van der Waals surface area (Å²) in [4.78, 5) is 21.3. The maximum Gasteiger partial charge on any atom is 0.253 e. The van der Waals surface area contributed by atoms with Gasteiger partial charge in [0.05, 0.1) is 0 Å². The van der Waals surface area contributed by atoms with Crippen LogP contribution < -0.4 is 0 Å². The number of rotatable bonds is 3. The minimum absolute atomic E-state index is 0.103. The largest absolute Gasteiger partial charge is 0.338 e. The Morgan fingerprint density at radius 2 is 1.92 bits per heavy atom. The average molecular weight is 342 g/mol. The van der Waals surface area contributed by atoms with E-state index in [9.17, 15) is 4.79 Å². The van der Waals surface area contributed by atoms with Gasteiger partial charge < -0.3 is 4.90 Å². The summed E-state index contributed by atoms with van der Waals surface area (Å²) in [5.74, 6) is 1.25. The highest BCUT2D eigenvalue weighted by molar-refractivity contribution is 6.30. The van der Waals surface area contributed by atoms with Gasteiger partial charge in [0.1, 0.15) is 0 Å². The second kappa shape index (κ2) is 6.54. The fraction of sp³-hybridized carbons (Fsp3) is 0.368. The quantitative estimate of drug-likeness (QED) is 0.861. The molecule has 3 heterocycles. The molecule has 2 aliphatic rings. The highest BCUT2D eigenvalue weighted by Gasteiger charge is 2.41. The molecular formula is C19H20ClN3O. The smallest absolute Gasteiger partial charge is 0.253 e. The molecule has 0 aliphatic carbocycles. The van der Waals surface area contributed by atoms with E-state index in [0.29, 0.717) is 22.4 Å². The topological polar surface area (TPSA) is 36.4 Å². The summed E-state index contributed by atoms with van der Waals surface area (Å²) in [5, 5.41) is 0.614. The Bertz CT molecular complexity index is 722. The Kier molecular flexibility index (Phi) is 4.25. The van der Waals surface area contributed by atoms with Crippen LogP contribution in [0.1, 0.15) is 15.9 Å². The van der Waals surface area contributed by atoms with Crippen LogP contribution in [0, 0.1) is 11.8 Å². The van der Waals surface area contributed by atoms with Gasteiger partial charge in [0.25, 0.3) is 5.91 Å². The van der Waals surface area contributed by atoms with Gasteiger partial charge in [-0.2, -0.15) is 0 Å². The molecule has 1 aromatic heterocycles. The van der Waals surface area contributed by atoms with E-state index in [1.165, 1.54) is 5.56 Å². The highest BCUT2D eigenvalue weighted by Crippen LogP contribution is 2.32. The fourth-order valence-corrected chi connectivity index (χ4v) is 4.13. The van der Waals surface area contributed by atoms with E-state index >= 15 is 0 Å². The van der Waals surface area contributed by atoms with E-state index in [-0.39, 0.29) is 5.91 Å². The summed E-state index contributed by atoms with van der Waals surface area (Å²) in [6.07, 6.45) is 3.74. The number of likely N-dealkylation sites (tertiary alicyclic amines) is 2. The number of pyridine rings is 1. The summed E-state index contributed by atoms with van der Waals surface area (Å²) in [7, 11) is 0. The van der Waals surface area contributed by atoms with Crippen molar-refractivity contribution in [2.24, 2.45) is 11.8 Å². The summed E-state index contributed by atoms with van der Waals surface area (Å²) in [6.45, 7) is 4.75. The van der Waals surface area contributed by atoms with Gasteiger partial charge in [0.15, 0.2) is 0 Å². The Balaban J connectivity index is 1.37. The number of carbonyl (C=O) groups is 1. The van der Waals surface area contributed by atoms with Crippen molar-refractivity contribution in [3.05, 3.63) is 64.9 Å². The second-order valence-corrected chi connectivity index (χ2v) is 7.23. The molecule has 0 spiro atoms. The van der Waals surface area contributed by atoms with Gasteiger partial charge in [0, 0.05) is 55.7 Å². The number of aromatic nitrogens is 1. The first-order chi connectivity index (χ1) is 11.7. The average Bonchev–Trinajstić information content (AvgIpc) is 3.13. The van der Waals surface area contributed by atoms with Crippen LogP contribution >= 0.6 is 11.6 Å². The predicted octanol–water partition coefficient (Wildman–Crippen LogP) is 2.94. The normalized spacial score (nSPS) is 23.5. The maximum absolute atomic E-state index is 12.6. The van der Waals surface area contributed by atoms with Gasteiger partial charge in [-0.3, -0.25) is 14.7 Å². The molecule has 0 radical (unpaired) electrons. The molecule has 2 aromatic rings. The van der Waals surface area contributed by atoms with Crippen LogP contribution in [0.15, 0.2) is 48.8 Å². The molecule has 0 unspecified atom stereocenters. The van der Waals surface area contributed by atoms with Crippen molar-refractivity contribution in [3.63, 3.8) is 0 Å². The van der Waals surface area contributed by atoms with Crippen molar-refractivity contribution in [1.82, 2.24) is 14.8 Å². The summed E-state index contributed by atoms with van der Waals surface area (Å²) in [6, 6.07) is 11.3. The maximum atomic E-state index is 12.6. The van der Waals surface area contributed by atoms with Crippen molar-refractivity contribution in [3.8, 4) is 0 Å². The van der Waals surface area contributed by atoms with E-state index in [4.69, 9.17) is 11.6 Å². The van der Waals surface area contributed by atoms with Crippen LogP contribution in [-0.2, 0) is 6.54 Å². The van der Waals surface area contributed by atoms with E-state index in [1.54, 1.807) is 12.1 Å². The molecule has 5 heteroatoms. The number of hydrogen-bond acceptors (Lipinski definition) is 3.